The first-order valence-corrected chi connectivity index (χ1v) is 6.46. The van der Waals surface area contributed by atoms with Gasteiger partial charge in [-0.1, -0.05) is 0 Å². The summed E-state index contributed by atoms with van der Waals surface area (Å²) in [6, 6.07) is 0.892. The second kappa shape index (κ2) is 5.83. The van der Waals surface area contributed by atoms with Gasteiger partial charge in [-0.25, -0.2) is 0 Å². The van der Waals surface area contributed by atoms with Crippen LogP contribution in [0.25, 0.3) is 0 Å². The first kappa shape index (κ1) is 11.4. The standard InChI is InChI=1S/C12H24N2O/c13-7-3-9-15-12-4-1-2-8-14(10-12)11-5-6-11/h11-12H,1-10,13H2. The zero-order valence-electron chi connectivity index (χ0n) is 9.66. The van der Waals surface area contributed by atoms with Gasteiger partial charge in [-0.2, -0.15) is 0 Å². The summed E-state index contributed by atoms with van der Waals surface area (Å²) >= 11 is 0. The molecule has 88 valence electrons. The summed E-state index contributed by atoms with van der Waals surface area (Å²) in [4.78, 5) is 2.64. The van der Waals surface area contributed by atoms with Crippen LogP contribution in [-0.2, 0) is 4.74 Å². The topological polar surface area (TPSA) is 38.5 Å². The molecule has 1 atom stereocenters. The molecule has 1 aliphatic heterocycles. The highest BCUT2D eigenvalue weighted by atomic mass is 16.5. The van der Waals surface area contributed by atoms with Crippen molar-refractivity contribution in [3.63, 3.8) is 0 Å². The van der Waals surface area contributed by atoms with Gasteiger partial charge in [-0.15, -0.1) is 0 Å². The molecule has 2 aliphatic rings. The maximum absolute atomic E-state index is 5.89. The lowest BCUT2D eigenvalue weighted by atomic mass is 10.2. The van der Waals surface area contributed by atoms with Gasteiger partial charge in [0.2, 0.25) is 0 Å². The number of hydrogen-bond donors (Lipinski definition) is 1. The molecule has 0 aromatic rings. The molecule has 2 fully saturated rings. The molecule has 3 nitrogen and oxygen atoms in total. The fourth-order valence-corrected chi connectivity index (χ4v) is 2.37. The van der Waals surface area contributed by atoms with Crippen LogP contribution < -0.4 is 5.73 Å². The Morgan fingerprint density at radius 1 is 1.20 bits per heavy atom. The minimum Gasteiger partial charge on any atom is -0.377 e. The molecular formula is C12H24N2O. The zero-order chi connectivity index (χ0) is 10.5. The lowest BCUT2D eigenvalue weighted by Crippen LogP contribution is -2.34. The van der Waals surface area contributed by atoms with Gasteiger partial charge in [0.1, 0.15) is 0 Å². The van der Waals surface area contributed by atoms with Crippen molar-refractivity contribution in [2.24, 2.45) is 5.73 Å². The Labute approximate surface area is 93.0 Å². The third-order valence-electron chi connectivity index (χ3n) is 3.42. The number of nitrogens with two attached hydrogens (primary N) is 1. The molecule has 0 radical (unpaired) electrons. The van der Waals surface area contributed by atoms with Crippen LogP contribution in [0.5, 0.6) is 0 Å². The second-order valence-electron chi connectivity index (χ2n) is 4.86. The molecule has 2 N–H and O–H groups in total. The molecule has 0 amide bonds. The van der Waals surface area contributed by atoms with Gasteiger partial charge < -0.3 is 10.5 Å². The Balaban J connectivity index is 1.71. The van der Waals surface area contributed by atoms with Crippen LogP contribution in [0.2, 0.25) is 0 Å². The van der Waals surface area contributed by atoms with Crippen molar-refractivity contribution in [3.8, 4) is 0 Å². The molecule has 3 heteroatoms. The maximum atomic E-state index is 5.89. The molecule has 0 spiro atoms. The highest BCUT2D eigenvalue weighted by molar-refractivity contribution is 4.87. The van der Waals surface area contributed by atoms with Crippen molar-refractivity contribution in [1.29, 1.82) is 0 Å². The minimum atomic E-state index is 0.472. The van der Waals surface area contributed by atoms with E-state index in [0.717, 1.165) is 32.2 Å². The lowest BCUT2D eigenvalue weighted by Gasteiger charge is -2.24. The Hall–Kier alpha value is -0.120. The Morgan fingerprint density at radius 2 is 2.07 bits per heavy atom. The van der Waals surface area contributed by atoms with Gasteiger partial charge in [0.05, 0.1) is 6.10 Å². The lowest BCUT2D eigenvalue weighted by molar-refractivity contribution is 0.0271. The van der Waals surface area contributed by atoms with Gasteiger partial charge in [-0.05, 0) is 51.6 Å². The van der Waals surface area contributed by atoms with Gasteiger partial charge >= 0.3 is 0 Å². The fourth-order valence-electron chi connectivity index (χ4n) is 2.37. The Bertz CT molecular complexity index is 182. The average molecular weight is 212 g/mol. The van der Waals surface area contributed by atoms with E-state index in [2.05, 4.69) is 4.90 Å². The largest absolute Gasteiger partial charge is 0.377 e. The van der Waals surface area contributed by atoms with Crippen LogP contribution >= 0.6 is 0 Å². The van der Waals surface area contributed by atoms with Gasteiger partial charge in [0.25, 0.3) is 0 Å². The van der Waals surface area contributed by atoms with Crippen LogP contribution in [0, 0.1) is 0 Å². The zero-order valence-corrected chi connectivity index (χ0v) is 9.66. The molecule has 0 bridgehead atoms. The molecule has 1 aliphatic carbocycles. The molecule has 0 aromatic heterocycles. The van der Waals surface area contributed by atoms with Crippen LogP contribution in [0.15, 0.2) is 0 Å². The third-order valence-corrected chi connectivity index (χ3v) is 3.42. The van der Waals surface area contributed by atoms with Crippen LogP contribution in [0.3, 0.4) is 0 Å². The highest BCUT2D eigenvalue weighted by Gasteiger charge is 2.31. The fraction of sp³-hybridized carbons (Fsp3) is 1.00. The molecule has 2 rings (SSSR count). The molecule has 1 heterocycles. The Kier molecular flexibility index (Phi) is 4.42. The van der Waals surface area contributed by atoms with E-state index in [-0.39, 0.29) is 0 Å². The van der Waals surface area contributed by atoms with Gasteiger partial charge in [0, 0.05) is 19.2 Å². The molecule has 15 heavy (non-hydrogen) atoms. The van der Waals surface area contributed by atoms with E-state index < -0.39 is 0 Å². The summed E-state index contributed by atoms with van der Waals surface area (Å²) in [5, 5.41) is 0. The predicted molar refractivity (Wildman–Crippen MR) is 61.9 cm³/mol. The number of nitrogens with zero attached hydrogens (tertiary/aromatic N) is 1. The monoisotopic (exact) mass is 212 g/mol. The van der Waals surface area contributed by atoms with E-state index in [1.807, 2.05) is 0 Å². The van der Waals surface area contributed by atoms with E-state index in [0.29, 0.717) is 6.10 Å². The van der Waals surface area contributed by atoms with Crippen molar-refractivity contribution in [3.05, 3.63) is 0 Å². The van der Waals surface area contributed by atoms with Crippen molar-refractivity contribution in [2.75, 3.05) is 26.2 Å². The van der Waals surface area contributed by atoms with Crippen LogP contribution in [0.4, 0.5) is 0 Å². The first-order valence-electron chi connectivity index (χ1n) is 6.46. The summed E-state index contributed by atoms with van der Waals surface area (Å²) in [6.07, 6.45) is 8.22. The predicted octanol–water partition coefficient (Wildman–Crippen LogP) is 1.37. The molecule has 0 aromatic carbocycles. The molecule has 1 saturated heterocycles. The smallest absolute Gasteiger partial charge is 0.0702 e. The van der Waals surface area contributed by atoms with Gasteiger partial charge in [0.15, 0.2) is 0 Å². The second-order valence-corrected chi connectivity index (χ2v) is 4.86. The summed E-state index contributed by atoms with van der Waals surface area (Å²) < 4.78 is 5.89. The third kappa shape index (κ3) is 3.74. The van der Waals surface area contributed by atoms with Crippen molar-refractivity contribution < 1.29 is 4.74 Å². The Morgan fingerprint density at radius 3 is 2.80 bits per heavy atom. The van der Waals surface area contributed by atoms with E-state index in [1.165, 1.54) is 38.6 Å². The molecular weight excluding hydrogens is 188 g/mol. The van der Waals surface area contributed by atoms with Gasteiger partial charge in [-0.3, -0.25) is 4.90 Å². The number of hydrogen-bond acceptors (Lipinski definition) is 3. The maximum Gasteiger partial charge on any atom is 0.0702 e. The quantitative estimate of drug-likeness (QED) is 0.700. The number of rotatable bonds is 5. The van der Waals surface area contributed by atoms with Crippen molar-refractivity contribution in [2.45, 2.75) is 50.7 Å². The van der Waals surface area contributed by atoms with Crippen molar-refractivity contribution >= 4 is 0 Å². The van der Waals surface area contributed by atoms with Crippen molar-refractivity contribution in [1.82, 2.24) is 4.90 Å². The summed E-state index contributed by atoms with van der Waals surface area (Å²) in [5.41, 5.74) is 5.47. The highest BCUT2D eigenvalue weighted by Crippen LogP contribution is 2.29. The number of likely N-dealkylation sites (tertiary alicyclic amines) is 1. The summed E-state index contributed by atoms with van der Waals surface area (Å²) in [6.45, 7) is 4.05. The molecule has 1 unspecified atom stereocenters. The van der Waals surface area contributed by atoms with Crippen LogP contribution in [0.1, 0.15) is 38.5 Å². The first-order chi connectivity index (χ1) is 7.40. The van der Waals surface area contributed by atoms with E-state index in [1.54, 1.807) is 0 Å². The van der Waals surface area contributed by atoms with E-state index >= 15 is 0 Å². The SMILES string of the molecule is NCCCOC1CCCCN(C2CC2)C1. The average Bonchev–Trinajstić information content (AvgIpc) is 3.05. The summed E-state index contributed by atoms with van der Waals surface area (Å²) in [7, 11) is 0. The van der Waals surface area contributed by atoms with E-state index in [4.69, 9.17) is 10.5 Å². The van der Waals surface area contributed by atoms with Crippen LogP contribution in [-0.4, -0.2) is 43.3 Å². The normalized spacial score (nSPS) is 29.0. The minimum absolute atomic E-state index is 0.472. The molecule has 1 saturated carbocycles. The number of ether oxygens (including phenoxy) is 1. The summed E-state index contributed by atoms with van der Waals surface area (Å²) in [5.74, 6) is 0. The van der Waals surface area contributed by atoms with E-state index in [9.17, 15) is 0 Å².